The number of fused-ring (bicyclic) bond motifs is 2. The molecule has 0 atom stereocenters. The van der Waals surface area contributed by atoms with Gasteiger partial charge in [0.05, 0.1) is 32.7 Å². The quantitative estimate of drug-likeness (QED) is 0.0358. The van der Waals surface area contributed by atoms with Gasteiger partial charge < -0.3 is 39.5 Å². The minimum absolute atomic E-state index is 0. The van der Waals surface area contributed by atoms with Crippen LogP contribution in [0.25, 0.3) is 21.5 Å². The average Bonchev–Trinajstić information content (AvgIpc) is 3.08. The topological polar surface area (TPSA) is 316 Å². The molecular formula is C31H18Li5N5O14S4. The fraction of sp³-hybridized carbons (Fsp3) is 0.0323. The minimum Gasteiger partial charge on any atom is -0.744 e. The summed E-state index contributed by atoms with van der Waals surface area (Å²) in [6.07, 6.45) is -0.0506. The van der Waals surface area contributed by atoms with Crippen LogP contribution in [0.4, 0.5) is 23.3 Å². The molecule has 0 fully saturated rings. The molecule has 5 aromatic carbocycles. The summed E-state index contributed by atoms with van der Waals surface area (Å²) in [5, 5.41) is 30.8. The zero-order chi connectivity index (χ0) is 39.0. The smallest absolute Gasteiger partial charge is 0.744 e. The van der Waals surface area contributed by atoms with E-state index in [1.54, 1.807) is 6.07 Å². The first kappa shape index (κ1) is 54.7. The van der Waals surface area contributed by atoms with E-state index in [2.05, 4.69) is 35.0 Å². The normalized spacial score (nSPS) is 11.2. The summed E-state index contributed by atoms with van der Waals surface area (Å²) >= 11 is 0.357. The van der Waals surface area contributed by atoms with E-state index in [9.17, 15) is 54.1 Å². The van der Waals surface area contributed by atoms with Crippen molar-refractivity contribution in [1.82, 2.24) is 15.0 Å². The van der Waals surface area contributed by atoms with Gasteiger partial charge >= 0.3 is 94.3 Å². The number of nitrogens with one attached hydrogen (secondary N) is 2. The third-order valence-corrected chi connectivity index (χ3v) is 10.6. The van der Waals surface area contributed by atoms with Crippen LogP contribution in [-0.4, -0.2) is 59.8 Å². The molecule has 1 aromatic heterocycles. The van der Waals surface area contributed by atoms with E-state index in [1.165, 1.54) is 60.7 Å². The van der Waals surface area contributed by atoms with Crippen LogP contribution in [0.15, 0.2) is 105 Å². The van der Waals surface area contributed by atoms with Crippen LogP contribution in [0.5, 0.6) is 0 Å². The van der Waals surface area contributed by atoms with E-state index >= 15 is 0 Å². The second-order valence-corrected chi connectivity index (χ2v) is 16.0. The molecule has 0 unspecified atom stereocenters. The van der Waals surface area contributed by atoms with Crippen molar-refractivity contribution in [3.05, 3.63) is 102 Å². The van der Waals surface area contributed by atoms with Crippen molar-refractivity contribution in [2.45, 2.75) is 26.0 Å². The number of carbonyl (C=O) groups is 1. The van der Waals surface area contributed by atoms with Crippen molar-refractivity contribution in [2.24, 2.45) is 0 Å². The summed E-state index contributed by atoms with van der Waals surface area (Å²) < 4.78 is 111. The molecule has 0 aliphatic heterocycles. The maximum absolute atomic E-state index is 12.0. The molecule has 0 saturated carbocycles. The van der Waals surface area contributed by atoms with E-state index in [4.69, 9.17) is 0 Å². The van der Waals surface area contributed by atoms with E-state index in [0.29, 0.717) is 23.7 Å². The summed E-state index contributed by atoms with van der Waals surface area (Å²) in [4.78, 5) is 22.1. The standard InChI is InChI=1S/C31H23N5O14S4.5Li/c37-29(38)17-3-1-2-16(8-17)9-28-34-30(32-20-4-6-24-18(10-20)12-22(51-50-49-39)14-26(24)53(43,44)45)36-31(35-28)33-21-5-7-25-19(11-21)13-23(52(40,41)42)15-27(25)54(46,47)48;;;;;/h1-8,10-15,39H,9H2,(H,37,38)(H,40,41,42)(H,43,44,45)(H,46,47,48)(H2,32,33,34,35,36);;;;;/q;5*+1/p-5. The van der Waals surface area contributed by atoms with Gasteiger partial charge in [0, 0.05) is 22.7 Å². The molecule has 0 amide bonds. The van der Waals surface area contributed by atoms with Crippen LogP contribution in [0, 0.1) is 0 Å². The van der Waals surface area contributed by atoms with Gasteiger partial charge in [0.15, 0.2) is 0 Å². The first-order chi connectivity index (χ1) is 25.4. The van der Waals surface area contributed by atoms with Crippen molar-refractivity contribution in [3.63, 3.8) is 0 Å². The fourth-order valence-corrected chi connectivity index (χ4v) is 7.87. The molecule has 0 bridgehead atoms. The number of benzene rings is 5. The Kier molecular flexibility index (Phi) is 20.5. The Bertz CT molecular complexity index is 2850. The number of aromatic nitrogens is 3. The molecule has 59 heavy (non-hydrogen) atoms. The van der Waals surface area contributed by atoms with Crippen LogP contribution in [0.1, 0.15) is 21.7 Å². The second kappa shape index (κ2) is 22.1. The summed E-state index contributed by atoms with van der Waals surface area (Å²) in [6, 6.07) is 17.5. The molecule has 0 aliphatic carbocycles. The van der Waals surface area contributed by atoms with E-state index in [0.717, 1.165) is 12.1 Å². The number of nitrogens with zero attached hydrogens (tertiary/aromatic N) is 3. The molecule has 1 heterocycles. The van der Waals surface area contributed by atoms with Crippen molar-refractivity contribution in [3.8, 4) is 0 Å². The molecule has 6 aromatic rings. The Labute approximate surface area is 400 Å². The van der Waals surface area contributed by atoms with Gasteiger partial charge in [-0.15, -0.1) is 0 Å². The van der Waals surface area contributed by atoms with Gasteiger partial charge in [0.2, 0.25) is 11.9 Å². The number of anilines is 4. The van der Waals surface area contributed by atoms with Gasteiger partial charge in [0.25, 0.3) is 0 Å². The first-order valence-electron chi connectivity index (χ1n) is 14.6. The van der Waals surface area contributed by atoms with E-state index in [-0.39, 0.29) is 162 Å². The monoisotopic (exact) mass is 847 g/mol. The van der Waals surface area contributed by atoms with Crippen LogP contribution >= 0.6 is 12.0 Å². The summed E-state index contributed by atoms with van der Waals surface area (Å²) in [5.74, 6) is -1.63. The van der Waals surface area contributed by atoms with Crippen LogP contribution in [-0.2, 0) is 46.1 Å². The summed E-state index contributed by atoms with van der Waals surface area (Å²) in [6.45, 7) is 0. The van der Waals surface area contributed by atoms with Gasteiger partial charge in [-0.3, -0.25) is 5.04 Å². The van der Waals surface area contributed by atoms with Gasteiger partial charge in [-0.05, 0) is 87.3 Å². The zero-order valence-electron chi connectivity index (χ0n) is 31.5. The number of rotatable bonds is 13. The molecule has 0 radical (unpaired) electrons. The molecule has 2 N–H and O–H groups in total. The number of hydrogen-bond donors (Lipinski definition) is 2. The van der Waals surface area contributed by atoms with Gasteiger partial charge in [0.1, 0.15) is 36.2 Å². The van der Waals surface area contributed by atoms with Crippen molar-refractivity contribution in [2.75, 3.05) is 10.6 Å². The largest absolute Gasteiger partial charge is 1.00 e. The predicted octanol–water partition coefficient (Wildman–Crippen LogP) is -13.4. The predicted molar refractivity (Wildman–Crippen MR) is 180 cm³/mol. The third kappa shape index (κ3) is 13.8. The number of carboxylic acids is 1. The number of carbonyl (C=O) groups excluding carboxylic acids is 1. The van der Waals surface area contributed by atoms with Crippen molar-refractivity contribution in [1.29, 1.82) is 0 Å². The second-order valence-electron chi connectivity index (χ2n) is 11.1. The maximum atomic E-state index is 12.0. The average molecular weight is 847 g/mol. The molecule has 28 heteroatoms. The Morgan fingerprint density at radius 1 is 0.644 bits per heavy atom. The summed E-state index contributed by atoms with van der Waals surface area (Å²) in [5.41, 5.74) is 0.722. The van der Waals surface area contributed by atoms with Crippen LogP contribution in [0.2, 0.25) is 0 Å². The van der Waals surface area contributed by atoms with Crippen LogP contribution < -0.4 is 115 Å². The van der Waals surface area contributed by atoms with E-state index < -0.39 is 51.0 Å². The Balaban J connectivity index is 0.00000348. The molecule has 0 aliphatic rings. The SMILES string of the molecule is O=C([O-])c1cccc(Cc2nc(Nc3ccc4c(S(=O)(=O)[O-])cc(SOO[O-])cc4c3)nc(Nc3ccc4c(S(=O)(=O)[O-])cc(S(=O)(=O)[O-])cc4c3)n2)c1.[Li+].[Li+].[Li+].[Li+].[Li+]. The third-order valence-electron chi connectivity index (χ3n) is 7.48. The van der Waals surface area contributed by atoms with E-state index in [1.807, 2.05) is 0 Å². The molecule has 280 valence electrons. The van der Waals surface area contributed by atoms with Gasteiger partial charge in [-0.2, -0.15) is 19.3 Å². The summed E-state index contributed by atoms with van der Waals surface area (Å²) in [7, 11) is -15.4. The van der Waals surface area contributed by atoms with Gasteiger partial charge in [-0.25, -0.2) is 25.3 Å². The zero-order valence-corrected chi connectivity index (χ0v) is 34.7. The minimum atomic E-state index is -5.22. The van der Waals surface area contributed by atoms with Crippen LogP contribution in [0.3, 0.4) is 0 Å². The Morgan fingerprint density at radius 3 is 1.66 bits per heavy atom. The maximum Gasteiger partial charge on any atom is 1.00 e. The molecule has 0 saturated heterocycles. The number of hydrogen-bond acceptors (Lipinski definition) is 20. The Morgan fingerprint density at radius 2 is 1.17 bits per heavy atom. The molecule has 0 spiro atoms. The fourth-order valence-electron chi connectivity index (χ4n) is 5.29. The molecule has 19 nitrogen and oxygen atoms in total. The first-order valence-corrected chi connectivity index (χ1v) is 19.6. The van der Waals surface area contributed by atoms with Gasteiger partial charge in [-0.1, -0.05) is 30.3 Å². The Hall–Kier alpha value is -2.35. The number of aromatic carboxylic acids is 1. The molecule has 6 rings (SSSR count). The number of carboxylic acid groups (broad SMARTS) is 1. The van der Waals surface area contributed by atoms with Crippen molar-refractivity contribution < 1.29 is 158 Å². The molecular weight excluding hydrogens is 829 g/mol. The van der Waals surface area contributed by atoms with Crippen molar-refractivity contribution >= 4 is 93.2 Å².